The van der Waals surface area contributed by atoms with Crippen molar-refractivity contribution in [1.29, 1.82) is 0 Å². The zero-order chi connectivity index (χ0) is 20.6. The largest absolute Gasteiger partial charge is 0.433 e. The van der Waals surface area contributed by atoms with Crippen molar-refractivity contribution < 1.29 is 22.7 Å². The number of alkyl halides is 3. The Morgan fingerprint density at radius 1 is 1.21 bits per heavy atom. The number of aromatic amines is 1. The number of ether oxygens (including phenoxy) is 1. The van der Waals surface area contributed by atoms with Gasteiger partial charge in [-0.05, 0) is 50.3 Å². The number of aromatic nitrogens is 2. The molecule has 2 aliphatic rings. The third-order valence-electron chi connectivity index (χ3n) is 5.64. The Kier molecular flexibility index (Phi) is 5.33. The number of pyridine rings is 2. The average molecular weight is 409 g/mol. The van der Waals surface area contributed by atoms with E-state index in [1.54, 1.807) is 4.90 Å². The molecule has 2 aromatic heterocycles. The number of fused-ring (bicyclic) bond motifs is 1. The van der Waals surface area contributed by atoms with Crippen LogP contribution in [0.1, 0.15) is 49.4 Å². The lowest BCUT2D eigenvalue weighted by Gasteiger charge is -2.35. The molecule has 0 unspecified atom stereocenters. The van der Waals surface area contributed by atoms with Crippen LogP contribution in [0, 0.1) is 0 Å². The highest BCUT2D eigenvalue weighted by atomic mass is 19.4. The third-order valence-corrected chi connectivity index (χ3v) is 5.64. The lowest BCUT2D eigenvalue weighted by molar-refractivity contribution is -0.147. The highest BCUT2D eigenvalue weighted by molar-refractivity contribution is 5.81. The van der Waals surface area contributed by atoms with Crippen LogP contribution in [0.25, 0.3) is 10.9 Å². The molecule has 4 rings (SSSR count). The van der Waals surface area contributed by atoms with Crippen LogP contribution in [-0.2, 0) is 15.7 Å². The van der Waals surface area contributed by atoms with Gasteiger partial charge in [0, 0.05) is 31.3 Å². The van der Waals surface area contributed by atoms with Gasteiger partial charge in [-0.3, -0.25) is 9.59 Å². The van der Waals surface area contributed by atoms with Gasteiger partial charge >= 0.3 is 6.18 Å². The van der Waals surface area contributed by atoms with Gasteiger partial charge in [-0.15, -0.1) is 0 Å². The van der Waals surface area contributed by atoms with Crippen molar-refractivity contribution in [2.75, 3.05) is 19.7 Å². The smallest absolute Gasteiger partial charge is 0.368 e. The molecular weight excluding hydrogens is 387 g/mol. The number of amides is 1. The number of carbonyl (C=O) groups excluding carboxylic acids is 1. The minimum absolute atomic E-state index is 0.0117. The van der Waals surface area contributed by atoms with E-state index in [4.69, 9.17) is 4.74 Å². The molecular formula is C20H22F3N3O3. The van der Waals surface area contributed by atoms with E-state index in [1.165, 1.54) is 6.07 Å². The van der Waals surface area contributed by atoms with Crippen molar-refractivity contribution in [2.45, 2.75) is 50.3 Å². The molecule has 0 spiro atoms. The zero-order valence-electron chi connectivity index (χ0n) is 15.8. The fourth-order valence-corrected chi connectivity index (χ4v) is 4.11. The first kappa shape index (κ1) is 19.9. The zero-order valence-corrected chi connectivity index (χ0v) is 15.8. The number of nitrogens with zero attached hydrogens (tertiary/aromatic N) is 2. The number of carbonyl (C=O) groups is 1. The summed E-state index contributed by atoms with van der Waals surface area (Å²) in [4.78, 5) is 33.3. The van der Waals surface area contributed by atoms with Crippen molar-refractivity contribution >= 4 is 16.8 Å². The Hall–Kier alpha value is -2.42. The summed E-state index contributed by atoms with van der Waals surface area (Å²) in [6.07, 6.45) is -0.901. The van der Waals surface area contributed by atoms with Crippen LogP contribution in [0.15, 0.2) is 23.0 Å². The lowest BCUT2D eigenvalue weighted by atomic mass is 9.93. The third kappa shape index (κ3) is 4.14. The van der Waals surface area contributed by atoms with Gasteiger partial charge in [0.25, 0.3) is 11.5 Å². The van der Waals surface area contributed by atoms with E-state index in [0.717, 1.165) is 37.8 Å². The number of likely N-dealkylation sites (tertiary alicyclic amines) is 1. The lowest BCUT2D eigenvalue weighted by Crippen LogP contribution is -2.46. The molecule has 9 heteroatoms. The molecule has 29 heavy (non-hydrogen) atoms. The Balaban J connectivity index is 1.59. The van der Waals surface area contributed by atoms with Gasteiger partial charge in [0.15, 0.2) is 0 Å². The van der Waals surface area contributed by atoms with Gasteiger partial charge in [0.1, 0.15) is 11.8 Å². The van der Waals surface area contributed by atoms with Crippen LogP contribution in [0.4, 0.5) is 13.2 Å². The van der Waals surface area contributed by atoms with Crippen LogP contribution < -0.4 is 5.56 Å². The maximum absolute atomic E-state index is 13.0. The number of H-pyrrole nitrogens is 1. The van der Waals surface area contributed by atoms with Crippen LogP contribution in [-0.4, -0.2) is 46.6 Å². The standard InChI is InChI=1S/C20H22F3N3O3/c21-20(22,23)17-7-6-13-15(24-17)10-14(25-18(13)27)12-4-3-8-26(11-12)19(28)16-5-1-2-9-29-16/h6-7,10,12,16H,1-5,8-9,11H2,(H,25,27)/t12-,16+/m1/s1. The van der Waals surface area contributed by atoms with Crippen molar-refractivity contribution in [1.82, 2.24) is 14.9 Å². The number of hydrogen-bond donors (Lipinski definition) is 1. The molecule has 2 atom stereocenters. The summed E-state index contributed by atoms with van der Waals surface area (Å²) in [6.45, 7) is 1.60. The van der Waals surface area contributed by atoms with E-state index in [1.807, 2.05) is 0 Å². The molecule has 156 valence electrons. The Labute approximate surface area is 165 Å². The summed E-state index contributed by atoms with van der Waals surface area (Å²) in [5.74, 6) is -0.209. The van der Waals surface area contributed by atoms with E-state index in [0.29, 0.717) is 31.8 Å². The normalized spacial score (nSPS) is 23.3. The molecule has 1 amide bonds. The molecule has 6 nitrogen and oxygen atoms in total. The van der Waals surface area contributed by atoms with Gasteiger partial charge < -0.3 is 14.6 Å². The second kappa shape index (κ2) is 7.78. The van der Waals surface area contributed by atoms with E-state index in [9.17, 15) is 22.8 Å². The first-order valence-corrected chi connectivity index (χ1v) is 9.84. The van der Waals surface area contributed by atoms with Crippen molar-refractivity contribution in [2.24, 2.45) is 0 Å². The quantitative estimate of drug-likeness (QED) is 0.827. The molecule has 2 aliphatic heterocycles. The summed E-state index contributed by atoms with van der Waals surface area (Å²) in [7, 11) is 0. The topological polar surface area (TPSA) is 75.3 Å². The molecule has 2 aromatic rings. The predicted octanol–water partition coefficient (Wildman–Crippen LogP) is 3.22. The minimum Gasteiger partial charge on any atom is -0.368 e. The number of nitrogens with one attached hydrogen (secondary N) is 1. The van der Waals surface area contributed by atoms with Gasteiger partial charge in [0.2, 0.25) is 0 Å². The van der Waals surface area contributed by atoms with Crippen LogP contribution in [0.2, 0.25) is 0 Å². The molecule has 1 N–H and O–H groups in total. The van der Waals surface area contributed by atoms with Crippen molar-refractivity contribution in [3.63, 3.8) is 0 Å². The van der Waals surface area contributed by atoms with E-state index < -0.39 is 23.5 Å². The Morgan fingerprint density at radius 3 is 2.76 bits per heavy atom. The molecule has 4 heterocycles. The molecule has 0 aliphatic carbocycles. The summed E-state index contributed by atoms with van der Waals surface area (Å²) in [5.41, 5.74) is -0.983. The van der Waals surface area contributed by atoms with Crippen LogP contribution >= 0.6 is 0 Å². The van der Waals surface area contributed by atoms with Gasteiger partial charge in [-0.25, -0.2) is 4.98 Å². The van der Waals surface area contributed by atoms with Gasteiger partial charge in [0.05, 0.1) is 10.9 Å². The second-order valence-corrected chi connectivity index (χ2v) is 7.66. The van der Waals surface area contributed by atoms with E-state index in [2.05, 4.69) is 9.97 Å². The van der Waals surface area contributed by atoms with E-state index >= 15 is 0 Å². The number of rotatable bonds is 2. The maximum Gasteiger partial charge on any atom is 0.433 e. The molecule has 0 aromatic carbocycles. The second-order valence-electron chi connectivity index (χ2n) is 7.66. The van der Waals surface area contributed by atoms with Gasteiger partial charge in [-0.2, -0.15) is 13.2 Å². The summed E-state index contributed by atoms with van der Waals surface area (Å²) in [5, 5.41) is 0.112. The average Bonchev–Trinajstić information content (AvgIpc) is 2.73. The molecule has 0 bridgehead atoms. The fraction of sp³-hybridized carbons (Fsp3) is 0.550. The maximum atomic E-state index is 13.0. The monoisotopic (exact) mass is 409 g/mol. The fourth-order valence-electron chi connectivity index (χ4n) is 4.11. The van der Waals surface area contributed by atoms with Crippen molar-refractivity contribution in [3.8, 4) is 0 Å². The first-order chi connectivity index (χ1) is 13.8. The highest BCUT2D eigenvalue weighted by Gasteiger charge is 2.34. The Bertz CT molecular complexity index is 967. The van der Waals surface area contributed by atoms with Gasteiger partial charge in [-0.1, -0.05) is 0 Å². The number of piperidine rings is 1. The molecule has 0 radical (unpaired) electrons. The first-order valence-electron chi connectivity index (χ1n) is 9.84. The summed E-state index contributed by atoms with van der Waals surface area (Å²) < 4.78 is 44.5. The SMILES string of the molecule is O=C([C@@H]1CCCCO1)N1CCC[C@@H](c2cc3nc(C(F)(F)F)ccc3c(=O)[nH]2)C1. The molecule has 2 fully saturated rings. The van der Waals surface area contributed by atoms with Crippen LogP contribution in [0.5, 0.6) is 0 Å². The summed E-state index contributed by atoms with van der Waals surface area (Å²) in [6, 6.07) is 3.45. The Morgan fingerprint density at radius 2 is 2.03 bits per heavy atom. The number of halogens is 3. The highest BCUT2D eigenvalue weighted by Crippen LogP contribution is 2.30. The predicted molar refractivity (Wildman–Crippen MR) is 99.5 cm³/mol. The van der Waals surface area contributed by atoms with Crippen LogP contribution in [0.3, 0.4) is 0 Å². The van der Waals surface area contributed by atoms with Crippen molar-refractivity contribution in [3.05, 3.63) is 39.9 Å². The molecule has 2 saturated heterocycles. The molecule has 0 saturated carbocycles. The van der Waals surface area contributed by atoms with E-state index in [-0.39, 0.29) is 22.7 Å². The minimum atomic E-state index is -4.58. The summed E-state index contributed by atoms with van der Waals surface area (Å²) >= 11 is 0. The number of hydrogen-bond acceptors (Lipinski definition) is 4.